The molecule has 0 aliphatic rings. The summed E-state index contributed by atoms with van der Waals surface area (Å²) < 4.78 is 11.2. The predicted octanol–water partition coefficient (Wildman–Crippen LogP) is 9.05. The number of rotatable bonds is 38. The SMILES string of the molecule is CCCCCCCCCCCCCCCC(=O)OCC(CN(C(=O)[C@@H](N)CS)[C@H](C=O)CO)OC(=O)CCCCCCCCCCCCCCC. The Labute approximate surface area is 317 Å². The largest absolute Gasteiger partial charge is 0.462 e. The first kappa shape index (κ1) is 49.4. The van der Waals surface area contributed by atoms with E-state index in [0.717, 1.165) is 43.4 Å². The summed E-state index contributed by atoms with van der Waals surface area (Å²) in [7, 11) is 0. The summed E-state index contributed by atoms with van der Waals surface area (Å²) >= 11 is 4.10. The van der Waals surface area contributed by atoms with Crippen LogP contribution >= 0.6 is 12.6 Å². The van der Waals surface area contributed by atoms with Gasteiger partial charge in [-0.05, 0) is 12.8 Å². The van der Waals surface area contributed by atoms with Crippen LogP contribution in [0.15, 0.2) is 0 Å². The number of hydrogen-bond donors (Lipinski definition) is 3. The van der Waals surface area contributed by atoms with Crippen molar-refractivity contribution >= 4 is 36.8 Å². The number of hydrogen-bond acceptors (Lipinski definition) is 9. The van der Waals surface area contributed by atoms with Crippen LogP contribution in [0.3, 0.4) is 0 Å². The molecule has 51 heavy (non-hydrogen) atoms. The van der Waals surface area contributed by atoms with Crippen molar-refractivity contribution in [3.8, 4) is 0 Å². The van der Waals surface area contributed by atoms with E-state index in [2.05, 4.69) is 26.5 Å². The van der Waals surface area contributed by atoms with E-state index in [1.165, 1.54) is 122 Å². The van der Waals surface area contributed by atoms with Crippen LogP contribution in [0.5, 0.6) is 0 Å². The van der Waals surface area contributed by atoms with E-state index < -0.39 is 42.6 Å². The van der Waals surface area contributed by atoms with Crippen molar-refractivity contribution in [3.05, 3.63) is 0 Å². The summed E-state index contributed by atoms with van der Waals surface area (Å²) in [5.41, 5.74) is 5.91. The van der Waals surface area contributed by atoms with Gasteiger partial charge in [0.25, 0.3) is 0 Å². The number of aliphatic hydroxyl groups is 1. The number of esters is 2. The molecule has 0 bridgehead atoms. The monoisotopic (exact) mass is 743 g/mol. The fraction of sp³-hybridized carbons (Fsp3) is 0.902. The molecule has 0 heterocycles. The van der Waals surface area contributed by atoms with E-state index in [-0.39, 0.29) is 31.7 Å². The first-order chi connectivity index (χ1) is 24.8. The zero-order valence-electron chi connectivity index (χ0n) is 32.8. The molecule has 0 rings (SSSR count). The van der Waals surface area contributed by atoms with E-state index in [9.17, 15) is 24.3 Å². The van der Waals surface area contributed by atoms with Crippen LogP contribution in [-0.4, -0.2) is 77.8 Å². The number of ether oxygens (including phenoxy) is 2. The highest BCUT2D eigenvalue weighted by atomic mass is 32.1. The first-order valence-electron chi connectivity index (χ1n) is 20.9. The first-order valence-corrected chi connectivity index (χ1v) is 21.6. The molecule has 0 aliphatic heterocycles. The highest BCUT2D eigenvalue weighted by molar-refractivity contribution is 7.80. The Morgan fingerprint density at radius 3 is 1.37 bits per heavy atom. The van der Waals surface area contributed by atoms with Crippen LogP contribution in [0.1, 0.15) is 194 Å². The molecule has 0 spiro atoms. The molecule has 1 amide bonds. The third-order valence-electron chi connectivity index (χ3n) is 9.64. The molecular formula is C41H78N2O7S. The lowest BCUT2D eigenvalue weighted by Gasteiger charge is -2.32. The van der Waals surface area contributed by atoms with E-state index >= 15 is 0 Å². The van der Waals surface area contributed by atoms with Gasteiger partial charge in [-0.3, -0.25) is 14.4 Å². The van der Waals surface area contributed by atoms with Crippen molar-refractivity contribution in [1.82, 2.24) is 4.90 Å². The molecule has 0 saturated heterocycles. The van der Waals surface area contributed by atoms with Crippen LogP contribution in [0.2, 0.25) is 0 Å². The van der Waals surface area contributed by atoms with Crippen LogP contribution in [0.25, 0.3) is 0 Å². The normalized spacial score (nSPS) is 13.0. The van der Waals surface area contributed by atoms with Crippen LogP contribution in [-0.2, 0) is 28.7 Å². The van der Waals surface area contributed by atoms with Crippen molar-refractivity contribution in [2.45, 2.75) is 212 Å². The molecule has 0 aromatic rings. The van der Waals surface area contributed by atoms with Gasteiger partial charge in [0, 0.05) is 18.6 Å². The minimum absolute atomic E-state index is 0.0317. The third-order valence-corrected chi connectivity index (χ3v) is 10.0. The maximum atomic E-state index is 13.0. The van der Waals surface area contributed by atoms with Crippen LogP contribution in [0.4, 0.5) is 0 Å². The Kier molecular flexibility index (Phi) is 35.5. The fourth-order valence-corrected chi connectivity index (χ4v) is 6.47. The minimum Gasteiger partial charge on any atom is -0.462 e. The number of nitrogens with zero attached hydrogens (tertiary/aromatic N) is 1. The molecule has 0 aromatic carbocycles. The van der Waals surface area contributed by atoms with Gasteiger partial charge in [-0.25, -0.2) is 0 Å². The molecule has 10 heteroatoms. The summed E-state index contributed by atoms with van der Waals surface area (Å²) in [6.45, 7) is 3.38. The van der Waals surface area contributed by atoms with Crippen molar-refractivity contribution in [1.29, 1.82) is 0 Å². The number of thiol groups is 1. The predicted molar refractivity (Wildman–Crippen MR) is 212 cm³/mol. The number of unbranched alkanes of at least 4 members (excludes halogenated alkanes) is 24. The smallest absolute Gasteiger partial charge is 0.306 e. The highest BCUT2D eigenvalue weighted by Crippen LogP contribution is 2.16. The molecule has 0 aromatic heterocycles. The van der Waals surface area contributed by atoms with Crippen molar-refractivity contribution in [2.75, 3.05) is 25.5 Å². The number of nitrogens with two attached hydrogens (primary N) is 1. The Hall–Kier alpha value is -1.65. The van der Waals surface area contributed by atoms with E-state index in [4.69, 9.17) is 15.2 Å². The summed E-state index contributed by atoms with van der Waals surface area (Å²) in [5.74, 6) is -1.42. The summed E-state index contributed by atoms with van der Waals surface area (Å²) in [5, 5.41) is 9.77. The van der Waals surface area contributed by atoms with Gasteiger partial charge >= 0.3 is 11.9 Å². The zero-order chi connectivity index (χ0) is 37.8. The average molecular weight is 743 g/mol. The van der Waals surface area contributed by atoms with Crippen LogP contribution < -0.4 is 5.73 Å². The van der Waals surface area contributed by atoms with E-state index in [0.29, 0.717) is 12.7 Å². The molecule has 0 radical (unpaired) electrons. The van der Waals surface area contributed by atoms with Gasteiger partial charge in [0.2, 0.25) is 5.91 Å². The topological polar surface area (TPSA) is 136 Å². The van der Waals surface area contributed by atoms with Gasteiger partial charge < -0.3 is 30.0 Å². The average Bonchev–Trinajstić information content (AvgIpc) is 3.13. The lowest BCUT2D eigenvalue weighted by Crippen LogP contribution is -2.54. The van der Waals surface area contributed by atoms with E-state index in [1.807, 2.05) is 0 Å². The van der Waals surface area contributed by atoms with Crippen molar-refractivity contribution in [3.63, 3.8) is 0 Å². The standard InChI is InChI=1S/C41H78N2O7S/c1-3-5-7-9-11-13-15-17-19-21-23-25-27-29-39(46)49-34-37(31-43(36(32-44)33-45)41(48)38(42)35-51)50-40(47)30-28-26-24-22-20-18-16-14-12-10-8-6-4-2/h32,36-38,45,51H,3-31,33-35,42H2,1-2H3/t36-,37?,38+/m1/s1. The summed E-state index contributed by atoms with van der Waals surface area (Å²) in [4.78, 5) is 51.2. The molecule has 0 fully saturated rings. The number of carbonyl (C=O) groups is 4. The zero-order valence-corrected chi connectivity index (χ0v) is 33.7. The highest BCUT2D eigenvalue weighted by Gasteiger charge is 2.31. The second-order valence-electron chi connectivity index (χ2n) is 14.4. The lowest BCUT2D eigenvalue weighted by atomic mass is 10.0. The summed E-state index contributed by atoms with van der Waals surface area (Å²) in [6, 6.07) is -2.19. The Bertz CT molecular complexity index is 847. The van der Waals surface area contributed by atoms with Crippen molar-refractivity contribution in [2.24, 2.45) is 5.73 Å². The maximum Gasteiger partial charge on any atom is 0.306 e. The third kappa shape index (κ3) is 29.5. The van der Waals surface area contributed by atoms with Crippen molar-refractivity contribution < 1.29 is 33.8 Å². The Morgan fingerprint density at radius 2 is 1.02 bits per heavy atom. The minimum atomic E-state index is -1.17. The number of amides is 1. The van der Waals surface area contributed by atoms with Crippen LogP contribution in [0, 0.1) is 0 Å². The molecular weight excluding hydrogens is 665 g/mol. The van der Waals surface area contributed by atoms with E-state index in [1.54, 1.807) is 0 Å². The molecule has 0 saturated carbocycles. The molecule has 0 aliphatic carbocycles. The van der Waals surface area contributed by atoms with Gasteiger partial charge in [-0.15, -0.1) is 0 Å². The maximum absolute atomic E-state index is 13.0. The van der Waals surface area contributed by atoms with Gasteiger partial charge in [0.1, 0.15) is 18.9 Å². The van der Waals surface area contributed by atoms with Gasteiger partial charge in [-0.1, -0.05) is 168 Å². The number of aldehydes is 1. The molecule has 3 atom stereocenters. The molecule has 1 unspecified atom stereocenters. The van der Waals surface area contributed by atoms with Gasteiger partial charge in [0.15, 0.2) is 6.10 Å². The summed E-state index contributed by atoms with van der Waals surface area (Å²) in [6.07, 6.45) is 31.3. The molecule has 9 nitrogen and oxygen atoms in total. The lowest BCUT2D eigenvalue weighted by molar-refractivity contribution is -0.162. The number of aliphatic hydroxyl groups excluding tert-OH is 1. The quantitative estimate of drug-likeness (QED) is 0.0247. The second-order valence-corrected chi connectivity index (χ2v) is 14.8. The molecule has 3 N–H and O–H groups in total. The Balaban J connectivity index is 4.66. The number of carbonyl (C=O) groups excluding carboxylic acids is 4. The second kappa shape index (κ2) is 36.7. The fourth-order valence-electron chi connectivity index (χ4n) is 6.32. The van der Waals surface area contributed by atoms with Gasteiger partial charge in [-0.2, -0.15) is 12.6 Å². The molecule has 300 valence electrons. The van der Waals surface area contributed by atoms with Gasteiger partial charge in [0.05, 0.1) is 19.2 Å². The Morgan fingerprint density at radius 1 is 0.647 bits per heavy atom.